The van der Waals surface area contributed by atoms with Crippen molar-refractivity contribution in [2.24, 2.45) is 5.92 Å². The molecule has 0 aromatic carbocycles. The van der Waals surface area contributed by atoms with Gasteiger partial charge in [-0.05, 0) is 26.2 Å². The van der Waals surface area contributed by atoms with Gasteiger partial charge in [-0.2, -0.15) is 11.8 Å². The Balaban J connectivity index is 3.80. The van der Waals surface area contributed by atoms with E-state index in [1.807, 2.05) is 6.92 Å². The number of hydrogen-bond acceptors (Lipinski definition) is 6. The van der Waals surface area contributed by atoms with Crippen molar-refractivity contribution >= 4 is 30.0 Å². The number of unbranched alkanes of at least 4 members (excludes halogenated alkanes) is 14. The first-order chi connectivity index (χ1) is 17.5. The number of ether oxygens (including phenoxy) is 2. The third kappa shape index (κ3) is 23.4. The zero-order chi connectivity index (χ0) is 26.7. The van der Waals surface area contributed by atoms with Gasteiger partial charge >= 0.3 is 11.9 Å². The molecule has 2 atom stereocenters. The Morgan fingerprint density at radius 3 is 1.86 bits per heavy atom. The van der Waals surface area contributed by atoms with Crippen molar-refractivity contribution in [3.05, 3.63) is 0 Å². The Bertz CT molecular complexity index is 525. The molecule has 0 heterocycles. The Morgan fingerprint density at radius 1 is 0.778 bits per heavy atom. The van der Waals surface area contributed by atoms with Gasteiger partial charge in [0.1, 0.15) is 6.29 Å². The lowest BCUT2D eigenvalue weighted by atomic mass is 10.1. The number of aldehydes is 1. The number of thioether (sulfide) groups is 1. The van der Waals surface area contributed by atoms with Gasteiger partial charge in [0.05, 0.1) is 25.0 Å². The van der Waals surface area contributed by atoms with Crippen molar-refractivity contribution in [1.29, 1.82) is 0 Å². The molecule has 0 fully saturated rings. The van der Waals surface area contributed by atoms with Crippen LogP contribution in [0.15, 0.2) is 0 Å². The molecule has 0 aliphatic carbocycles. The van der Waals surface area contributed by atoms with Gasteiger partial charge in [0.15, 0.2) is 0 Å². The number of esters is 2. The van der Waals surface area contributed by atoms with Crippen molar-refractivity contribution < 1.29 is 23.9 Å². The predicted octanol–water partition coefficient (Wildman–Crippen LogP) is 8.46. The summed E-state index contributed by atoms with van der Waals surface area (Å²) in [6.45, 7) is 6.88. The van der Waals surface area contributed by atoms with Gasteiger partial charge < -0.3 is 14.3 Å². The Labute approximate surface area is 226 Å². The van der Waals surface area contributed by atoms with E-state index in [0.717, 1.165) is 32.0 Å². The molecule has 0 rings (SSSR count). The number of carbonyl (C=O) groups is 3. The minimum atomic E-state index is -0.442. The standard InChI is InChI=1S/C30H56O5S/c1-4-6-8-10-12-13-14-15-17-19-24-34-29(32)22-25-36-26-28(21-23-31)30(33)35-27(3)20-18-16-11-9-7-5-2/h23,27-28H,4-22,24-26H2,1-3H3. The highest BCUT2D eigenvalue weighted by Gasteiger charge is 2.22. The Hall–Kier alpha value is -1.04. The third-order valence-electron chi connectivity index (χ3n) is 6.53. The van der Waals surface area contributed by atoms with Crippen LogP contribution in [0, 0.1) is 5.92 Å². The number of rotatable bonds is 27. The molecule has 0 aliphatic rings. The van der Waals surface area contributed by atoms with E-state index in [4.69, 9.17) is 9.47 Å². The summed E-state index contributed by atoms with van der Waals surface area (Å²) < 4.78 is 10.9. The topological polar surface area (TPSA) is 69.7 Å². The molecular weight excluding hydrogens is 472 g/mol. The number of carbonyl (C=O) groups excluding carboxylic acids is 3. The van der Waals surface area contributed by atoms with E-state index in [1.54, 1.807) is 0 Å². The summed E-state index contributed by atoms with van der Waals surface area (Å²) in [5.74, 6) is 0.166. The van der Waals surface area contributed by atoms with Gasteiger partial charge in [0.25, 0.3) is 0 Å². The van der Waals surface area contributed by atoms with Crippen LogP contribution in [0.25, 0.3) is 0 Å². The maximum atomic E-state index is 12.5. The summed E-state index contributed by atoms with van der Waals surface area (Å²) in [4.78, 5) is 35.5. The monoisotopic (exact) mass is 528 g/mol. The van der Waals surface area contributed by atoms with E-state index in [2.05, 4.69) is 13.8 Å². The molecule has 0 bridgehead atoms. The van der Waals surface area contributed by atoms with E-state index in [0.29, 0.717) is 24.5 Å². The van der Waals surface area contributed by atoms with Crippen molar-refractivity contribution in [2.45, 2.75) is 149 Å². The van der Waals surface area contributed by atoms with Gasteiger partial charge in [-0.25, -0.2) is 0 Å². The second-order valence-corrected chi connectivity index (χ2v) is 11.3. The molecule has 212 valence electrons. The molecule has 0 aliphatic heterocycles. The average molecular weight is 529 g/mol. The maximum absolute atomic E-state index is 12.5. The zero-order valence-electron chi connectivity index (χ0n) is 23.7. The van der Waals surface area contributed by atoms with E-state index >= 15 is 0 Å². The first kappa shape index (κ1) is 35.0. The van der Waals surface area contributed by atoms with Gasteiger partial charge in [-0.1, -0.05) is 104 Å². The summed E-state index contributed by atoms with van der Waals surface area (Å²) in [6.07, 6.45) is 21.9. The Morgan fingerprint density at radius 2 is 1.31 bits per heavy atom. The molecule has 0 aromatic rings. The van der Waals surface area contributed by atoms with Gasteiger partial charge in [-0.15, -0.1) is 0 Å². The van der Waals surface area contributed by atoms with Crippen LogP contribution in [-0.2, 0) is 23.9 Å². The second-order valence-electron chi connectivity index (χ2n) is 10.1. The first-order valence-electron chi connectivity index (χ1n) is 14.9. The fourth-order valence-corrected chi connectivity index (χ4v) is 5.18. The summed E-state index contributed by atoms with van der Waals surface area (Å²) in [7, 11) is 0. The lowest BCUT2D eigenvalue weighted by molar-refractivity contribution is -0.153. The Kier molecular flexibility index (Phi) is 26.2. The molecule has 0 saturated heterocycles. The van der Waals surface area contributed by atoms with Crippen LogP contribution in [0.5, 0.6) is 0 Å². The van der Waals surface area contributed by atoms with Crippen LogP contribution in [0.3, 0.4) is 0 Å². The minimum Gasteiger partial charge on any atom is -0.466 e. The quantitative estimate of drug-likeness (QED) is 0.0605. The van der Waals surface area contributed by atoms with Crippen LogP contribution in [-0.4, -0.2) is 42.4 Å². The highest BCUT2D eigenvalue weighted by atomic mass is 32.2. The van der Waals surface area contributed by atoms with Gasteiger partial charge in [0, 0.05) is 17.9 Å². The molecule has 0 radical (unpaired) electrons. The fourth-order valence-electron chi connectivity index (χ4n) is 4.14. The molecule has 36 heavy (non-hydrogen) atoms. The van der Waals surface area contributed by atoms with Crippen LogP contribution in [0.1, 0.15) is 143 Å². The van der Waals surface area contributed by atoms with E-state index < -0.39 is 5.92 Å². The molecular formula is C30H56O5S. The first-order valence-corrected chi connectivity index (χ1v) is 16.1. The molecule has 0 spiro atoms. The van der Waals surface area contributed by atoms with Crippen molar-refractivity contribution in [3.63, 3.8) is 0 Å². The SMILES string of the molecule is CCCCCCCCCCCCOC(=O)CCSCC(CC=O)C(=O)OC(C)CCCCCCCC. The van der Waals surface area contributed by atoms with Crippen molar-refractivity contribution in [2.75, 3.05) is 18.1 Å². The molecule has 5 nitrogen and oxygen atoms in total. The number of hydrogen-bond donors (Lipinski definition) is 0. The second kappa shape index (κ2) is 27.0. The van der Waals surface area contributed by atoms with Crippen LogP contribution in [0.4, 0.5) is 0 Å². The fraction of sp³-hybridized carbons (Fsp3) is 0.900. The van der Waals surface area contributed by atoms with Crippen molar-refractivity contribution in [3.8, 4) is 0 Å². The summed E-state index contributed by atoms with van der Waals surface area (Å²) in [5, 5.41) is 0. The van der Waals surface area contributed by atoms with E-state index in [9.17, 15) is 14.4 Å². The lowest BCUT2D eigenvalue weighted by Crippen LogP contribution is -2.25. The van der Waals surface area contributed by atoms with E-state index in [-0.39, 0.29) is 24.5 Å². The van der Waals surface area contributed by atoms with Crippen LogP contribution in [0.2, 0.25) is 0 Å². The summed E-state index contributed by atoms with van der Waals surface area (Å²) >= 11 is 1.51. The molecule has 2 unspecified atom stereocenters. The molecule has 6 heteroatoms. The highest BCUT2D eigenvalue weighted by Crippen LogP contribution is 2.17. The minimum absolute atomic E-state index is 0.122. The highest BCUT2D eigenvalue weighted by molar-refractivity contribution is 7.99. The van der Waals surface area contributed by atoms with Crippen LogP contribution >= 0.6 is 11.8 Å². The normalized spacial score (nSPS) is 12.8. The summed E-state index contributed by atoms with van der Waals surface area (Å²) in [5.41, 5.74) is 0. The zero-order valence-corrected chi connectivity index (χ0v) is 24.6. The van der Waals surface area contributed by atoms with E-state index in [1.165, 1.54) is 95.2 Å². The predicted molar refractivity (Wildman–Crippen MR) is 152 cm³/mol. The van der Waals surface area contributed by atoms with Crippen molar-refractivity contribution in [1.82, 2.24) is 0 Å². The smallest absolute Gasteiger partial charge is 0.310 e. The van der Waals surface area contributed by atoms with Gasteiger partial charge in [0.2, 0.25) is 0 Å². The molecule has 0 aromatic heterocycles. The largest absolute Gasteiger partial charge is 0.466 e. The average Bonchev–Trinajstić information content (AvgIpc) is 2.86. The van der Waals surface area contributed by atoms with Gasteiger partial charge in [-0.3, -0.25) is 9.59 Å². The molecule has 0 saturated carbocycles. The molecule has 0 N–H and O–H groups in total. The summed E-state index contributed by atoms with van der Waals surface area (Å²) in [6, 6.07) is 0. The maximum Gasteiger partial charge on any atom is 0.310 e. The lowest BCUT2D eigenvalue weighted by Gasteiger charge is -2.18. The van der Waals surface area contributed by atoms with Crippen LogP contribution < -0.4 is 0 Å². The third-order valence-corrected chi connectivity index (χ3v) is 7.66. The molecule has 0 amide bonds.